The normalized spacial score (nSPS) is 14.7. The molecule has 0 saturated heterocycles. The second-order valence-electron chi connectivity index (χ2n) is 8.55. The summed E-state index contributed by atoms with van der Waals surface area (Å²) in [7, 11) is -2.01. The van der Waals surface area contributed by atoms with Crippen LogP contribution in [0.1, 0.15) is 46.0 Å². The van der Waals surface area contributed by atoms with Gasteiger partial charge in [0.15, 0.2) is 0 Å². The first-order valence-electron chi connectivity index (χ1n) is 12.4. The molecule has 33 heavy (non-hydrogen) atoms. The summed E-state index contributed by atoms with van der Waals surface area (Å²) in [6.45, 7) is 4.63. The SMILES string of the molecule is CCSC(SCC)=C(C1CCCCC1)[P+](c1ccccc1)(c1ccccc1)c1ccccc1. The summed E-state index contributed by atoms with van der Waals surface area (Å²) in [6, 6.07) is 34.4. The number of hydrogen-bond donors (Lipinski definition) is 0. The lowest BCUT2D eigenvalue weighted by molar-refractivity contribution is 0.414. The van der Waals surface area contributed by atoms with Gasteiger partial charge >= 0.3 is 0 Å². The van der Waals surface area contributed by atoms with Gasteiger partial charge in [-0.05, 0) is 60.7 Å². The van der Waals surface area contributed by atoms with Crippen molar-refractivity contribution in [3.05, 3.63) is 101 Å². The summed E-state index contributed by atoms with van der Waals surface area (Å²) in [5, 5.41) is 6.24. The first-order chi connectivity index (χ1) is 16.3. The lowest BCUT2D eigenvalue weighted by atomic mass is 9.89. The van der Waals surface area contributed by atoms with Gasteiger partial charge < -0.3 is 0 Å². The lowest BCUT2D eigenvalue weighted by Crippen LogP contribution is -2.35. The Labute approximate surface area is 210 Å². The van der Waals surface area contributed by atoms with E-state index in [1.807, 2.05) is 0 Å². The van der Waals surface area contributed by atoms with Gasteiger partial charge in [0, 0.05) is 5.92 Å². The van der Waals surface area contributed by atoms with Crippen LogP contribution >= 0.6 is 30.8 Å². The number of hydrogen-bond acceptors (Lipinski definition) is 2. The summed E-state index contributed by atoms with van der Waals surface area (Å²) >= 11 is 4.17. The minimum Gasteiger partial charge on any atom is -0.116 e. The molecule has 0 unspecified atom stereocenters. The Balaban J connectivity index is 2.13. The molecule has 0 nitrogen and oxygen atoms in total. The number of allylic oxidation sites excluding steroid dienone is 1. The van der Waals surface area contributed by atoms with E-state index >= 15 is 0 Å². The summed E-state index contributed by atoms with van der Waals surface area (Å²) in [5.74, 6) is 2.90. The zero-order valence-corrected chi connectivity index (χ0v) is 22.5. The number of rotatable bonds is 9. The molecular formula is C30H36PS2+. The van der Waals surface area contributed by atoms with Crippen LogP contribution in [-0.4, -0.2) is 11.5 Å². The van der Waals surface area contributed by atoms with Crippen LogP contribution in [0.5, 0.6) is 0 Å². The highest BCUT2D eigenvalue weighted by Gasteiger charge is 2.53. The van der Waals surface area contributed by atoms with Crippen molar-refractivity contribution < 1.29 is 0 Å². The zero-order valence-electron chi connectivity index (χ0n) is 20.0. The van der Waals surface area contributed by atoms with Crippen molar-refractivity contribution in [2.45, 2.75) is 46.0 Å². The Morgan fingerprint density at radius 1 is 0.636 bits per heavy atom. The number of benzene rings is 3. The summed E-state index contributed by atoms with van der Waals surface area (Å²) < 4.78 is 1.59. The molecule has 0 amide bonds. The molecule has 3 aromatic carbocycles. The van der Waals surface area contributed by atoms with Crippen molar-refractivity contribution in [3.63, 3.8) is 0 Å². The molecule has 3 aromatic rings. The van der Waals surface area contributed by atoms with Gasteiger partial charge in [-0.3, -0.25) is 0 Å². The van der Waals surface area contributed by atoms with E-state index in [1.54, 1.807) is 9.55 Å². The van der Waals surface area contributed by atoms with Gasteiger partial charge in [0.2, 0.25) is 0 Å². The highest BCUT2D eigenvalue weighted by Crippen LogP contribution is 2.68. The van der Waals surface area contributed by atoms with E-state index in [-0.39, 0.29) is 0 Å². The van der Waals surface area contributed by atoms with Gasteiger partial charge in [0.05, 0.1) is 4.24 Å². The Hall–Kier alpha value is -1.47. The van der Waals surface area contributed by atoms with Gasteiger partial charge in [0.1, 0.15) is 28.5 Å². The fraction of sp³-hybridized carbons (Fsp3) is 0.333. The third kappa shape index (κ3) is 5.29. The van der Waals surface area contributed by atoms with Gasteiger partial charge in [-0.1, -0.05) is 87.7 Å². The summed E-state index contributed by atoms with van der Waals surface area (Å²) in [4.78, 5) is 0. The molecule has 0 atom stereocenters. The van der Waals surface area contributed by atoms with Gasteiger partial charge in [0.25, 0.3) is 0 Å². The van der Waals surface area contributed by atoms with E-state index in [4.69, 9.17) is 0 Å². The second-order valence-corrected chi connectivity index (χ2v) is 14.7. The maximum Gasteiger partial charge on any atom is 0.142 e. The second kappa shape index (κ2) is 12.3. The van der Waals surface area contributed by atoms with E-state index < -0.39 is 7.26 Å². The molecule has 172 valence electrons. The van der Waals surface area contributed by atoms with Crippen molar-refractivity contribution in [2.24, 2.45) is 5.92 Å². The van der Waals surface area contributed by atoms with Crippen molar-refractivity contribution in [1.82, 2.24) is 0 Å². The molecule has 0 heterocycles. The molecule has 0 spiro atoms. The first kappa shape index (κ1) is 24.6. The standard InChI is InChI=1S/C30H36PS2/c1-3-32-30(33-4-2)29(25-17-9-5-10-18-25)31(26-19-11-6-12-20-26,27-21-13-7-14-22-27)28-23-15-8-16-24-28/h6-8,11-16,19-25H,3-5,9-10,17-18H2,1-2H3/q+1. The molecule has 0 radical (unpaired) electrons. The molecule has 0 bridgehead atoms. The van der Waals surface area contributed by atoms with Crippen LogP contribution in [0.2, 0.25) is 0 Å². The third-order valence-electron chi connectivity index (χ3n) is 6.54. The van der Waals surface area contributed by atoms with E-state index in [2.05, 4.69) is 128 Å². The van der Waals surface area contributed by atoms with E-state index in [0.29, 0.717) is 5.92 Å². The minimum atomic E-state index is -2.01. The molecule has 1 saturated carbocycles. The van der Waals surface area contributed by atoms with E-state index in [0.717, 1.165) is 11.5 Å². The van der Waals surface area contributed by atoms with Crippen LogP contribution in [0.15, 0.2) is 101 Å². The van der Waals surface area contributed by atoms with Crippen LogP contribution in [0.25, 0.3) is 0 Å². The molecule has 3 heteroatoms. The van der Waals surface area contributed by atoms with Crippen molar-refractivity contribution in [1.29, 1.82) is 0 Å². The predicted molar refractivity (Wildman–Crippen MR) is 155 cm³/mol. The van der Waals surface area contributed by atoms with Crippen LogP contribution in [0, 0.1) is 5.92 Å². The van der Waals surface area contributed by atoms with Crippen LogP contribution < -0.4 is 15.9 Å². The Morgan fingerprint density at radius 2 is 1.03 bits per heavy atom. The fourth-order valence-electron chi connectivity index (χ4n) is 5.22. The van der Waals surface area contributed by atoms with Crippen molar-refractivity contribution in [3.8, 4) is 0 Å². The fourth-order valence-corrected chi connectivity index (χ4v) is 13.3. The maximum atomic E-state index is 2.40. The average molecular weight is 492 g/mol. The maximum absolute atomic E-state index is 2.40. The topological polar surface area (TPSA) is 0 Å². The number of thioether (sulfide) groups is 2. The third-order valence-corrected chi connectivity index (χ3v) is 13.6. The van der Waals surface area contributed by atoms with Gasteiger partial charge in [-0.2, -0.15) is 0 Å². The lowest BCUT2D eigenvalue weighted by Gasteiger charge is -2.36. The minimum absolute atomic E-state index is 0.654. The van der Waals surface area contributed by atoms with E-state index in [9.17, 15) is 0 Å². The molecule has 4 rings (SSSR count). The summed E-state index contributed by atoms with van der Waals surface area (Å²) in [6.07, 6.45) is 6.73. The molecule has 0 aromatic heterocycles. The average Bonchev–Trinajstić information content (AvgIpc) is 2.89. The highest BCUT2D eigenvalue weighted by atomic mass is 32.2. The Morgan fingerprint density at radius 3 is 1.39 bits per heavy atom. The first-order valence-corrected chi connectivity index (χ1v) is 16.1. The molecular weight excluding hydrogens is 455 g/mol. The summed E-state index contributed by atoms with van der Waals surface area (Å²) in [5.41, 5.74) is 0. The molecule has 1 aliphatic rings. The molecule has 1 fully saturated rings. The van der Waals surface area contributed by atoms with Crippen LogP contribution in [-0.2, 0) is 0 Å². The van der Waals surface area contributed by atoms with Crippen molar-refractivity contribution in [2.75, 3.05) is 11.5 Å². The predicted octanol–water partition coefficient (Wildman–Crippen LogP) is 8.24. The van der Waals surface area contributed by atoms with E-state index in [1.165, 1.54) is 48.0 Å². The largest absolute Gasteiger partial charge is 0.142 e. The van der Waals surface area contributed by atoms with Crippen LogP contribution in [0.4, 0.5) is 0 Å². The smallest absolute Gasteiger partial charge is 0.116 e. The Kier molecular flexibility index (Phi) is 9.18. The zero-order chi connectivity index (χ0) is 22.9. The quantitative estimate of drug-likeness (QED) is 0.276. The molecule has 0 aliphatic heterocycles. The Bertz CT molecular complexity index is 904. The van der Waals surface area contributed by atoms with Gasteiger partial charge in [-0.25, -0.2) is 0 Å². The van der Waals surface area contributed by atoms with Crippen LogP contribution in [0.3, 0.4) is 0 Å². The monoisotopic (exact) mass is 491 g/mol. The molecule has 1 aliphatic carbocycles. The van der Waals surface area contributed by atoms with Crippen molar-refractivity contribution >= 4 is 46.7 Å². The molecule has 0 N–H and O–H groups in total. The van der Waals surface area contributed by atoms with Gasteiger partial charge in [-0.15, -0.1) is 23.5 Å². The highest BCUT2D eigenvalue weighted by molar-refractivity contribution is 8.23.